The van der Waals surface area contributed by atoms with Crippen molar-refractivity contribution in [1.82, 2.24) is 0 Å². The maximum atomic E-state index is 13.5. The summed E-state index contributed by atoms with van der Waals surface area (Å²) in [7, 11) is 1.35. The van der Waals surface area contributed by atoms with Crippen molar-refractivity contribution in [2.75, 3.05) is 13.7 Å². The molecule has 0 unspecified atom stereocenters. The van der Waals surface area contributed by atoms with Crippen LogP contribution in [0.3, 0.4) is 0 Å². The van der Waals surface area contributed by atoms with Crippen LogP contribution in [-0.2, 0) is 0 Å². The van der Waals surface area contributed by atoms with Crippen molar-refractivity contribution in [2.24, 2.45) is 5.73 Å². The van der Waals surface area contributed by atoms with Crippen molar-refractivity contribution >= 4 is 5.57 Å². The third-order valence-electron chi connectivity index (χ3n) is 2.05. The zero-order valence-electron chi connectivity index (χ0n) is 8.52. The molecule has 0 radical (unpaired) electrons. The first-order chi connectivity index (χ1) is 7.10. The van der Waals surface area contributed by atoms with Gasteiger partial charge in [0, 0.05) is 17.7 Å². The van der Waals surface area contributed by atoms with Gasteiger partial charge in [-0.25, -0.2) is 8.78 Å². The molecule has 0 aliphatic heterocycles. The number of halogens is 2. The fourth-order valence-electron chi connectivity index (χ4n) is 1.30. The second-order valence-electron chi connectivity index (χ2n) is 3.11. The van der Waals surface area contributed by atoms with Crippen molar-refractivity contribution < 1.29 is 13.5 Å². The summed E-state index contributed by atoms with van der Waals surface area (Å²) in [5.74, 6) is -1.20. The summed E-state index contributed by atoms with van der Waals surface area (Å²) >= 11 is 0. The Kier molecular flexibility index (Phi) is 3.80. The van der Waals surface area contributed by atoms with Crippen LogP contribution >= 0.6 is 0 Å². The van der Waals surface area contributed by atoms with Gasteiger partial charge in [-0.2, -0.15) is 0 Å². The molecular weight excluding hydrogens is 200 g/mol. The lowest BCUT2D eigenvalue weighted by Gasteiger charge is -2.09. The first-order valence-corrected chi connectivity index (χ1v) is 4.51. The Morgan fingerprint density at radius 1 is 1.40 bits per heavy atom. The second-order valence-corrected chi connectivity index (χ2v) is 3.11. The zero-order valence-corrected chi connectivity index (χ0v) is 8.52. The number of ether oxygens (including phenoxy) is 1. The van der Waals surface area contributed by atoms with Gasteiger partial charge in [0.2, 0.25) is 0 Å². The molecule has 4 heteroatoms. The van der Waals surface area contributed by atoms with E-state index in [4.69, 9.17) is 10.5 Å². The highest BCUT2D eigenvalue weighted by molar-refractivity contribution is 5.65. The van der Waals surface area contributed by atoms with Crippen LogP contribution in [-0.4, -0.2) is 13.7 Å². The lowest BCUT2D eigenvalue weighted by atomic mass is 10.0. The van der Waals surface area contributed by atoms with Gasteiger partial charge in [-0.1, -0.05) is 6.58 Å². The Labute approximate surface area is 87.4 Å². The van der Waals surface area contributed by atoms with E-state index >= 15 is 0 Å². The Morgan fingerprint density at radius 3 is 2.33 bits per heavy atom. The summed E-state index contributed by atoms with van der Waals surface area (Å²) in [5, 5.41) is 0. The fraction of sp³-hybridized carbons (Fsp3) is 0.273. The van der Waals surface area contributed by atoms with E-state index in [-0.39, 0.29) is 11.3 Å². The summed E-state index contributed by atoms with van der Waals surface area (Å²) < 4.78 is 31.6. The number of hydrogen-bond acceptors (Lipinski definition) is 2. The average molecular weight is 213 g/mol. The highest BCUT2D eigenvalue weighted by atomic mass is 19.1. The number of methoxy groups -OCH3 is 1. The van der Waals surface area contributed by atoms with E-state index in [1.54, 1.807) is 0 Å². The predicted molar refractivity (Wildman–Crippen MR) is 55.6 cm³/mol. The molecule has 0 spiro atoms. The summed E-state index contributed by atoms with van der Waals surface area (Å²) in [6, 6.07) is 2.25. The van der Waals surface area contributed by atoms with E-state index in [1.807, 2.05) is 0 Å². The molecule has 0 saturated carbocycles. The minimum absolute atomic E-state index is 0.110. The number of rotatable bonds is 4. The van der Waals surface area contributed by atoms with Crippen molar-refractivity contribution in [3.8, 4) is 5.75 Å². The van der Waals surface area contributed by atoms with Crippen LogP contribution in [0.4, 0.5) is 8.78 Å². The summed E-state index contributed by atoms with van der Waals surface area (Å²) in [6.07, 6.45) is 0.361. The summed E-state index contributed by atoms with van der Waals surface area (Å²) in [5.41, 5.74) is 5.54. The minimum atomic E-state index is -0.676. The fourth-order valence-corrected chi connectivity index (χ4v) is 1.30. The Hall–Kier alpha value is -1.42. The van der Waals surface area contributed by atoms with Gasteiger partial charge < -0.3 is 10.5 Å². The van der Waals surface area contributed by atoms with Crippen molar-refractivity contribution in [1.29, 1.82) is 0 Å². The van der Waals surface area contributed by atoms with Gasteiger partial charge in [0.25, 0.3) is 0 Å². The average Bonchev–Trinajstić information content (AvgIpc) is 2.16. The predicted octanol–water partition coefficient (Wildman–Crippen LogP) is 2.34. The van der Waals surface area contributed by atoms with Crippen LogP contribution in [0.15, 0.2) is 18.7 Å². The molecule has 0 heterocycles. The van der Waals surface area contributed by atoms with Crippen LogP contribution in [0.5, 0.6) is 5.75 Å². The standard InChI is InChI=1S/C11H13F2NO/c1-7(3-4-14)11-9(12)5-8(15-2)6-10(11)13/h5-6H,1,3-4,14H2,2H3. The largest absolute Gasteiger partial charge is 0.497 e. The molecule has 0 bridgehead atoms. The molecule has 0 aliphatic rings. The Balaban J connectivity index is 3.13. The van der Waals surface area contributed by atoms with Crippen molar-refractivity contribution in [3.05, 3.63) is 35.9 Å². The molecule has 1 aromatic rings. The van der Waals surface area contributed by atoms with Crippen LogP contribution < -0.4 is 10.5 Å². The zero-order chi connectivity index (χ0) is 11.4. The number of benzene rings is 1. The minimum Gasteiger partial charge on any atom is -0.497 e. The lowest BCUT2D eigenvalue weighted by molar-refractivity contribution is 0.406. The molecule has 2 N–H and O–H groups in total. The maximum absolute atomic E-state index is 13.5. The maximum Gasteiger partial charge on any atom is 0.137 e. The summed E-state index contributed by atoms with van der Waals surface area (Å²) in [4.78, 5) is 0. The Morgan fingerprint density at radius 2 is 1.93 bits per heavy atom. The molecule has 0 saturated heterocycles. The number of hydrogen-bond donors (Lipinski definition) is 1. The van der Waals surface area contributed by atoms with Crippen LogP contribution in [0.25, 0.3) is 5.57 Å². The van der Waals surface area contributed by atoms with Gasteiger partial charge in [-0.05, 0) is 18.5 Å². The van der Waals surface area contributed by atoms with Crippen LogP contribution in [0.1, 0.15) is 12.0 Å². The topological polar surface area (TPSA) is 35.2 Å². The van der Waals surface area contributed by atoms with E-state index in [0.717, 1.165) is 12.1 Å². The first kappa shape index (κ1) is 11.7. The number of nitrogens with two attached hydrogens (primary N) is 1. The molecule has 15 heavy (non-hydrogen) atoms. The SMILES string of the molecule is C=C(CCN)c1c(F)cc(OC)cc1F. The van der Waals surface area contributed by atoms with Crippen LogP contribution in [0, 0.1) is 11.6 Å². The van der Waals surface area contributed by atoms with Crippen molar-refractivity contribution in [3.63, 3.8) is 0 Å². The van der Waals surface area contributed by atoms with E-state index in [9.17, 15) is 8.78 Å². The molecule has 0 amide bonds. The van der Waals surface area contributed by atoms with E-state index in [0.29, 0.717) is 18.5 Å². The first-order valence-electron chi connectivity index (χ1n) is 4.51. The molecule has 0 aliphatic carbocycles. The van der Waals surface area contributed by atoms with E-state index in [2.05, 4.69) is 6.58 Å². The molecular formula is C11H13F2NO. The second kappa shape index (κ2) is 4.89. The quantitative estimate of drug-likeness (QED) is 0.833. The molecule has 2 nitrogen and oxygen atoms in total. The van der Waals surface area contributed by atoms with Gasteiger partial charge in [0.15, 0.2) is 0 Å². The van der Waals surface area contributed by atoms with Gasteiger partial charge >= 0.3 is 0 Å². The summed E-state index contributed by atoms with van der Waals surface area (Å²) in [6.45, 7) is 3.90. The monoisotopic (exact) mass is 213 g/mol. The highest BCUT2D eigenvalue weighted by Crippen LogP contribution is 2.26. The Bertz CT molecular complexity index is 354. The van der Waals surface area contributed by atoms with Gasteiger partial charge in [-0.3, -0.25) is 0 Å². The van der Waals surface area contributed by atoms with Gasteiger partial charge in [0.1, 0.15) is 17.4 Å². The molecule has 82 valence electrons. The normalized spacial score (nSPS) is 10.1. The van der Waals surface area contributed by atoms with E-state index in [1.165, 1.54) is 7.11 Å². The third kappa shape index (κ3) is 2.53. The molecule has 0 fully saturated rings. The van der Waals surface area contributed by atoms with Crippen LogP contribution in [0.2, 0.25) is 0 Å². The molecule has 0 atom stereocenters. The van der Waals surface area contributed by atoms with Gasteiger partial charge in [0.05, 0.1) is 7.11 Å². The smallest absolute Gasteiger partial charge is 0.137 e. The molecule has 1 aromatic carbocycles. The molecule has 0 aromatic heterocycles. The third-order valence-corrected chi connectivity index (χ3v) is 2.05. The highest BCUT2D eigenvalue weighted by Gasteiger charge is 2.13. The van der Waals surface area contributed by atoms with E-state index < -0.39 is 11.6 Å². The molecule has 1 rings (SSSR count). The lowest BCUT2D eigenvalue weighted by Crippen LogP contribution is -2.02. The van der Waals surface area contributed by atoms with Gasteiger partial charge in [-0.15, -0.1) is 0 Å². The van der Waals surface area contributed by atoms with Crippen molar-refractivity contribution in [2.45, 2.75) is 6.42 Å².